The van der Waals surface area contributed by atoms with E-state index in [1.165, 1.54) is 12.1 Å². The lowest BCUT2D eigenvalue weighted by Gasteiger charge is -2.22. The summed E-state index contributed by atoms with van der Waals surface area (Å²) in [7, 11) is 1.69. The Labute approximate surface area is 160 Å². The Morgan fingerprint density at radius 2 is 1.67 bits per heavy atom. The van der Waals surface area contributed by atoms with Crippen molar-refractivity contribution in [2.45, 2.75) is 58.2 Å². The number of benzene rings is 1. The number of likely N-dealkylation sites (N-methyl/N-ethyl adjacent to an activating group) is 1. The second kappa shape index (κ2) is 10.8. The van der Waals surface area contributed by atoms with Gasteiger partial charge < -0.3 is 21.5 Å². The third-order valence-electron chi connectivity index (χ3n) is 4.38. The normalized spacial score (nSPS) is 14.4. The average Bonchev–Trinajstić information content (AvgIpc) is 2.64. The highest BCUT2D eigenvalue weighted by atomic mass is 16.3. The second-order valence-corrected chi connectivity index (χ2v) is 7.15. The predicted molar refractivity (Wildman–Crippen MR) is 104 cm³/mol. The van der Waals surface area contributed by atoms with Crippen LogP contribution in [0.25, 0.3) is 0 Å². The van der Waals surface area contributed by atoms with Gasteiger partial charge >= 0.3 is 0 Å². The highest BCUT2D eigenvalue weighted by Gasteiger charge is 2.31. The number of aromatic hydroxyl groups is 1. The molecule has 0 heterocycles. The van der Waals surface area contributed by atoms with Crippen molar-refractivity contribution < 1.29 is 19.5 Å². The lowest BCUT2D eigenvalue weighted by atomic mass is 9.96. The van der Waals surface area contributed by atoms with E-state index in [0.717, 1.165) is 5.56 Å². The van der Waals surface area contributed by atoms with Crippen LogP contribution in [0.5, 0.6) is 5.75 Å². The first-order chi connectivity index (χ1) is 12.7. The van der Waals surface area contributed by atoms with Crippen LogP contribution in [0, 0.1) is 5.92 Å². The van der Waals surface area contributed by atoms with Gasteiger partial charge in [-0.25, -0.2) is 0 Å². The Balaban J connectivity index is 2.73. The highest BCUT2D eigenvalue weighted by molar-refractivity contribution is 6.41. The van der Waals surface area contributed by atoms with E-state index in [0.29, 0.717) is 18.8 Å². The molecular weight excluding hydrogens is 346 g/mol. The molecule has 1 amide bonds. The fourth-order valence-electron chi connectivity index (χ4n) is 2.79. The van der Waals surface area contributed by atoms with E-state index < -0.39 is 29.7 Å². The molecule has 0 bridgehead atoms. The van der Waals surface area contributed by atoms with Gasteiger partial charge in [-0.2, -0.15) is 0 Å². The van der Waals surface area contributed by atoms with E-state index in [2.05, 4.69) is 10.6 Å². The number of nitrogens with one attached hydrogen (secondary N) is 2. The summed E-state index contributed by atoms with van der Waals surface area (Å²) in [5.74, 6) is -1.27. The Bertz CT molecular complexity index is 643. The third kappa shape index (κ3) is 7.11. The van der Waals surface area contributed by atoms with E-state index in [9.17, 15) is 19.5 Å². The number of carbonyl (C=O) groups is 3. The van der Waals surface area contributed by atoms with Crippen molar-refractivity contribution in [3.05, 3.63) is 29.8 Å². The Kier molecular flexibility index (Phi) is 9.11. The quantitative estimate of drug-likeness (QED) is 0.426. The van der Waals surface area contributed by atoms with Gasteiger partial charge in [0, 0.05) is 0 Å². The number of ketones is 2. The van der Waals surface area contributed by atoms with E-state index in [-0.39, 0.29) is 18.1 Å². The van der Waals surface area contributed by atoms with Crippen molar-refractivity contribution in [2.75, 3.05) is 7.05 Å². The summed E-state index contributed by atoms with van der Waals surface area (Å²) in [6, 6.07) is 3.98. The molecular formula is C20H31N3O4. The number of phenols is 1. The molecule has 0 saturated heterocycles. The van der Waals surface area contributed by atoms with Gasteiger partial charge in [-0.15, -0.1) is 0 Å². The molecule has 1 aromatic rings. The Morgan fingerprint density at radius 3 is 2.15 bits per heavy atom. The van der Waals surface area contributed by atoms with Crippen LogP contribution in [0.15, 0.2) is 24.3 Å². The summed E-state index contributed by atoms with van der Waals surface area (Å²) < 4.78 is 0. The monoisotopic (exact) mass is 377 g/mol. The van der Waals surface area contributed by atoms with Crippen molar-refractivity contribution in [1.29, 1.82) is 0 Å². The molecule has 0 unspecified atom stereocenters. The van der Waals surface area contributed by atoms with Crippen LogP contribution in [-0.2, 0) is 20.8 Å². The van der Waals surface area contributed by atoms with Gasteiger partial charge in [0.15, 0.2) is 0 Å². The molecule has 0 aliphatic carbocycles. The third-order valence-corrected chi connectivity index (χ3v) is 4.38. The minimum Gasteiger partial charge on any atom is -0.508 e. The van der Waals surface area contributed by atoms with Gasteiger partial charge in [0.25, 0.3) is 0 Å². The molecule has 27 heavy (non-hydrogen) atoms. The van der Waals surface area contributed by atoms with E-state index in [1.807, 2.05) is 13.8 Å². The number of hydrogen-bond donors (Lipinski definition) is 4. The number of rotatable bonds is 11. The van der Waals surface area contributed by atoms with E-state index in [1.54, 1.807) is 26.1 Å². The molecule has 7 nitrogen and oxygen atoms in total. The van der Waals surface area contributed by atoms with E-state index >= 15 is 0 Å². The zero-order valence-corrected chi connectivity index (χ0v) is 16.5. The maximum atomic E-state index is 12.5. The highest BCUT2D eigenvalue weighted by Crippen LogP contribution is 2.12. The van der Waals surface area contributed by atoms with Crippen LogP contribution in [0.1, 0.15) is 39.2 Å². The van der Waals surface area contributed by atoms with Gasteiger partial charge in [-0.1, -0.05) is 32.9 Å². The van der Waals surface area contributed by atoms with Crippen LogP contribution in [0.4, 0.5) is 0 Å². The fourth-order valence-corrected chi connectivity index (χ4v) is 2.79. The molecule has 1 aromatic carbocycles. The molecule has 0 radical (unpaired) electrons. The summed E-state index contributed by atoms with van der Waals surface area (Å²) in [5, 5.41) is 14.9. The lowest BCUT2D eigenvalue weighted by molar-refractivity contribution is -0.139. The van der Waals surface area contributed by atoms with Crippen LogP contribution in [-0.4, -0.2) is 47.8 Å². The van der Waals surface area contributed by atoms with Crippen molar-refractivity contribution in [3.8, 4) is 5.75 Å². The van der Waals surface area contributed by atoms with Crippen LogP contribution >= 0.6 is 0 Å². The number of phenolic OH excluding ortho intramolecular Hbond substituents is 1. The van der Waals surface area contributed by atoms with Crippen LogP contribution in [0.3, 0.4) is 0 Å². The van der Waals surface area contributed by atoms with Crippen LogP contribution in [0.2, 0.25) is 0 Å². The smallest absolute Gasteiger partial charge is 0.237 e. The largest absolute Gasteiger partial charge is 0.508 e. The lowest BCUT2D eigenvalue weighted by Crippen LogP contribution is -2.53. The number of nitrogens with two attached hydrogens (primary N) is 1. The van der Waals surface area contributed by atoms with Gasteiger partial charge in [0.1, 0.15) is 5.75 Å². The molecule has 7 heteroatoms. The summed E-state index contributed by atoms with van der Waals surface area (Å²) in [6.07, 6.45) is 1.11. The van der Waals surface area contributed by atoms with Gasteiger partial charge in [0.05, 0.1) is 18.1 Å². The molecule has 0 saturated carbocycles. The molecule has 0 aromatic heterocycles. The number of hydrogen-bond acceptors (Lipinski definition) is 6. The minimum absolute atomic E-state index is 0.115. The first-order valence-corrected chi connectivity index (χ1v) is 9.28. The topological polar surface area (TPSA) is 122 Å². The molecule has 5 N–H and O–H groups in total. The molecule has 3 atom stereocenters. The summed E-state index contributed by atoms with van der Waals surface area (Å²) in [4.78, 5) is 37.4. The Hall–Kier alpha value is -2.25. The standard InChI is InChI=1S/C20H31N3O4/c1-5-16(23-20(27)17(22-4)10-12(2)3)19(26)18(25)15(21)11-13-6-8-14(24)9-7-13/h6-9,12,15-17,22,24H,5,10-11,21H2,1-4H3,(H,23,27)/t15-,16-,17-/m0/s1. The first-order valence-electron chi connectivity index (χ1n) is 9.28. The minimum atomic E-state index is -0.997. The molecule has 150 valence electrons. The summed E-state index contributed by atoms with van der Waals surface area (Å²) in [5.41, 5.74) is 6.65. The van der Waals surface area contributed by atoms with E-state index in [4.69, 9.17) is 5.73 Å². The Morgan fingerprint density at radius 1 is 1.07 bits per heavy atom. The first kappa shape index (κ1) is 22.8. The maximum Gasteiger partial charge on any atom is 0.237 e. The van der Waals surface area contributed by atoms with Gasteiger partial charge in [-0.3, -0.25) is 14.4 Å². The van der Waals surface area contributed by atoms with Crippen molar-refractivity contribution >= 4 is 17.5 Å². The molecule has 0 spiro atoms. The SMILES string of the molecule is CC[C@H](NC(=O)[C@H](CC(C)C)NC)C(=O)C(=O)[C@@H](N)Cc1ccc(O)cc1. The van der Waals surface area contributed by atoms with Gasteiger partial charge in [0.2, 0.25) is 17.5 Å². The van der Waals surface area contributed by atoms with Crippen molar-refractivity contribution in [3.63, 3.8) is 0 Å². The van der Waals surface area contributed by atoms with Crippen LogP contribution < -0.4 is 16.4 Å². The predicted octanol–water partition coefficient (Wildman–Crippen LogP) is 0.929. The fraction of sp³-hybridized carbons (Fsp3) is 0.550. The average molecular weight is 377 g/mol. The second-order valence-electron chi connectivity index (χ2n) is 7.15. The molecule has 0 fully saturated rings. The molecule has 0 aliphatic heterocycles. The van der Waals surface area contributed by atoms with Crippen molar-refractivity contribution in [2.24, 2.45) is 11.7 Å². The number of Topliss-reactive ketones (excluding diaryl/α,β-unsaturated/α-hetero) is 2. The maximum absolute atomic E-state index is 12.5. The number of amides is 1. The summed E-state index contributed by atoms with van der Waals surface area (Å²) >= 11 is 0. The summed E-state index contributed by atoms with van der Waals surface area (Å²) in [6.45, 7) is 5.75. The van der Waals surface area contributed by atoms with Gasteiger partial charge in [-0.05, 0) is 49.9 Å². The zero-order valence-electron chi connectivity index (χ0n) is 16.5. The number of carbonyl (C=O) groups excluding carboxylic acids is 3. The molecule has 1 rings (SSSR count). The molecule has 0 aliphatic rings. The zero-order chi connectivity index (χ0) is 20.6. The van der Waals surface area contributed by atoms with Crippen molar-refractivity contribution in [1.82, 2.24) is 10.6 Å².